The highest BCUT2D eigenvalue weighted by molar-refractivity contribution is 7.09. The summed E-state index contributed by atoms with van der Waals surface area (Å²) in [6.45, 7) is 5.29. The van der Waals surface area contributed by atoms with E-state index in [9.17, 15) is 0 Å². The standard InChI is InChI=1S/C12H16N4OS/c1-4-13-11-5-9(6-17-3)15-12(16-11)10-7-18-8(2)14-10/h5,7H,4,6H2,1-3H3,(H,13,15,16). The number of nitrogens with one attached hydrogen (secondary N) is 1. The summed E-state index contributed by atoms with van der Waals surface area (Å²) in [7, 11) is 1.65. The molecule has 0 aliphatic rings. The van der Waals surface area contributed by atoms with Crippen LogP contribution in [0, 0.1) is 6.92 Å². The molecule has 6 heteroatoms. The highest BCUT2D eigenvalue weighted by Crippen LogP contribution is 2.20. The molecular formula is C12H16N4OS. The monoisotopic (exact) mass is 264 g/mol. The molecular weight excluding hydrogens is 248 g/mol. The maximum Gasteiger partial charge on any atom is 0.181 e. The van der Waals surface area contributed by atoms with Gasteiger partial charge in [-0.15, -0.1) is 11.3 Å². The number of aromatic nitrogens is 3. The van der Waals surface area contributed by atoms with Gasteiger partial charge in [-0.25, -0.2) is 15.0 Å². The van der Waals surface area contributed by atoms with Crippen LogP contribution in [0.5, 0.6) is 0 Å². The van der Waals surface area contributed by atoms with Gasteiger partial charge in [0.25, 0.3) is 0 Å². The number of methoxy groups -OCH3 is 1. The smallest absolute Gasteiger partial charge is 0.181 e. The summed E-state index contributed by atoms with van der Waals surface area (Å²) in [6.07, 6.45) is 0. The molecule has 96 valence electrons. The molecule has 2 aromatic rings. The van der Waals surface area contributed by atoms with Crippen molar-refractivity contribution >= 4 is 17.2 Å². The third-order valence-electron chi connectivity index (χ3n) is 2.28. The highest BCUT2D eigenvalue weighted by atomic mass is 32.1. The molecule has 0 radical (unpaired) electrons. The van der Waals surface area contributed by atoms with Gasteiger partial charge in [0.2, 0.25) is 0 Å². The molecule has 0 saturated carbocycles. The molecule has 0 unspecified atom stereocenters. The van der Waals surface area contributed by atoms with E-state index >= 15 is 0 Å². The summed E-state index contributed by atoms with van der Waals surface area (Å²) in [5, 5.41) is 6.17. The van der Waals surface area contributed by atoms with Crippen LogP contribution in [0.15, 0.2) is 11.4 Å². The Hall–Kier alpha value is -1.53. The minimum Gasteiger partial charge on any atom is -0.378 e. The number of aryl methyl sites for hydroxylation is 1. The lowest BCUT2D eigenvalue weighted by Gasteiger charge is -2.07. The Labute approximate surface area is 110 Å². The molecule has 0 fully saturated rings. The van der Waals surface area contributed by atoms with Crippen molar-refractivity contribution in [3.8, 4) is 11.5 Å². The van der Waals surface area contributed by atoms with Crippen molar-refractivity contribution in [3.05, 3.63) is 22.1 Å². The van der Waals surface area contributed by atoms with Gasteiger partial charge in [0.15, 0.2) is 5.82 Å². The summed E-state index contributed by atoms with van der Waals surface area (Å²) in [6, 6.07) is 1.90. The van der Waals surface area contributed by atoms with E-state index < -0.39 is 0 Å². The average Bonchev–Trinajstić information content (AvgIpc) is 2.76. The van der Waals surface area contributed by atoms with Crippen molar-refractivity contribution < 1.29 is 4.74 Å². The number of hydrogen-bond acceptors (Lipinski definition) is 6. The quantitative estimate of drug-likeness (QED) is 0.899. The summed E-state index contributed by atoms with van der Waals surface area (Å²) >= 11 is 1.59. The first-order valence-electron chi connectivity index (χ1n) is 5.76. The van der Waals surface area contributed by atoms with Crippen LogP contribution in [0.1, 0.15) is 17.6 Å². The minimum atomic E-state index is 0.469. The summed E-state index contributed by atoms with van der Waals surface area (Å²) in [5.74, 6) is 1.45. The molecule has 0 atom stereocenters. The molecule has 2 heterocycles. The molecule has 2 rings (SSSR count). The maximum atomic E-state index is 5.12. The second-order valence-electron chi connectivity index (χ2n) is 3.78. The Morgan fingerprint density at radius 1 is 1.33 bits per heavy atom. The van der Waals surface area contributed by atoms with E-state index in [2.05, 4.69) is 20.3 Å². The van der Waals surface area contributed by atoms with Crippen LogP contribution in [-0.4, -0.2) is 28.6 Å². The predicted molar refractivity (Wildman–Crippen MR) is 72.8 cm³/mol. The highest BCUT2D eigenvalue weighted by Gasteiger charge is 2.09. The lowest BCUT2D eigenvalue weighted by atomic mass is 10.3. The van der Waals surface area contributed by atoms with Gasteiger partial charge in [-0.3, -0.25) is 0 Å². The molecule has 2 aromatic heterocycles. The number of hydrogen-bond donors (Lipinski definition) is 1. The van der Waals surface area contributed by atoms with Gasteiger partial charge in [-0.2, -0.15) is 0 Å². The van der Waals surface area contributed by atoms with Crippen LogP contribution in [0.2, 0.25) is 0 Å². The Morgan fingerprint density at radius 2 is 2.17 bits per heavy atom. The van der Waals surface area contributed by atoms with Gasteiger partial charge >= 0.3 is 0 Å². The van der Waals surface area contributed by atoms with Gasteiger partial charge in [0.05, 0.1) is 17.3 Å². The maximum absolute atomic E-state index is 5.12. The number of thiazole rings is 1. The SMILES string of the molecule is CCNc1cc(COC)nc(-c2csc(C)n2)n1. The second-order valence-corrected chi connectivity index (χ2v) is 4.85. The van der Waals surface area contributed by atoms with Gasteiger partial charge in [-0.1, -0.05) is 0 Å². The minimum absolute atomic E-state index is 0.469. The van der Waals surface area contributed by atoms with E-state index in [4.69, 9.17) is 4.74 Å². The van der Waals surface area contributed by atoms with Crippen molar-refractivity contribution in [1.29, 1.82) is 0 Å². The van der Waals surface area contributed by atoms with Crippen LogP contribution in [0.4, 0.5) is 5.82 Å². The van der Waals surface area contributed by atoms with E-state index in [-0.39, 0.29) is 0 Å². The lowest BCUT2D eigenvalue weighted by molar-refractivity contribution is 0.181. The van der Waals surface area contributed by atoms with Crippen molar-refractivity contribution in [2.45, 2.75) is 20.5 Å². The van der Waals surface area contributed by atoms with Crippen molar-refractivity contribution in [3.63, 3.8) is 0 Å². The van der Waals surface area contributed by atoms with Gasteiger partial charge in [0.1, 0.15) is 11.5 Å². The van der Waals surface area contributed by atoms with E-state index in [0.29, 0.717) is 12.4 Å². The number of ether oxygens (including phenoxy) is 1. The molecule has 1 N–H and O–H groups in total. The molecule has 0 aliphatic heterocycles. The van der Waals surface area contributed by atoms with Crippen molar-refractivity contribution in [2.75, 3.05) is 19.0 Å². The third kappa shape index (κ3) is 3.02. The first-order valence-corrected chi connectivity index (χ1v) is 6.64. The normalized spacial score (nSPS) is 10.6. The van der Waals surface area contributed by atoms with Crippen LogP contribution in [0.25, 0.3) is 11.5 Å². The summed E-state index contributed by atoms with van der Waals surface area (Å²) in [4.78, 5) is 13.3. The number of anilines is 1. The molecule has 5 nitrogen and oxygen atoms in total. The fourth-order valence-corrected chi connectivity index (χ4v) is 2.16. The van der Waals surface area contributed by atoms with Crippen molar-refractivity contribution in [1.82, 2.24) is 15.0 Å². The van der Waals surface area contributed by atoms with Crippen LogP contribution >= 0.6 is 11.3 Å². The molecule has 0 spiro atoms. The van der Waals surface area contributed by atoms with E-state index in [1.807, 2.05) is 25.3 Å². The number of rotatable bonds is 5. The lowest BCUT2D eigenvalue weighted by Crippen LogP contribution is -2.04. The van der Waals surface area contributed by atoms with E-state index in [1.165, 1.54) is 0 Å². The third-order valence-corrected chi connectivity index (χ3v) is 3.05. The fraction of sp³-hybridized carbons (Fsp3) is 0.417. The Balaban J connectivity index is 2.39. The second kappa shape index (κ2) is 5.88. The van der Waals surface area contributed by atoms with Crippen LogP contribution in [-0.2, 0) is 11.3 Å². The van der Waals surface area contributed by atoms with Gasteiger partial charge in [0, 0.05) is 25.1 Å². The number of nitrogens with zero attached hydrogens (tertiary/aromatic N) is 3. The molecule has 0 aliphatic carbocycles. The molecule has 0 aromatic carbocycles. The molecule has 0 bridgehead atoms. The first-order chi connectivity index (χ1) is 8.72. The Bertz CT molecular complexity index is 502. The zero-order chi connectivity index (χ0) is 13.0. The Kier molecular flexibility index (Phi) is 4.22. The van der Waals surface area contributed by atoms with Crippen LogP contribution < -0.4 is 5.32 Å². The molecule has 18 heavy (non-hydrogen) atoms. The summed E-state index contributed by atoms with van der Waals surface area (Å²) < 4.78 is 5.12. The van der Waals surface area contributed by atoms with Crippen molar-refractivity contribution in [2.24, 2.45) is 0 Å². The topological polar surface area (TPSA) is 59.9 Å². The zero-order valence-corrected chi connectivity index (χ0v) is 11.5. The van der Waals surface area contributed by atoms with E-state index in [1.54, 1.807) is 18.4 Å². The first kappa shape index (κ1) is 12.9. The van der Waals surface area contributed by atoms with Crippen LogP contribution in [0.3, 0.4) is 0 Å². The Morgan fingerprint density at radius 3 is 2.78 bits per heavy atom. The van der Waals surface area contributed by atoms with E-state index in [0.717, 1.165) is 28.8 Å². The van der Waals surface area contributed by atoms with Gasteiger partial charge < -0.3 is 10.1 Å². The predicted octanol–water partition coefficient (Wildman–Crippen LogP) is 2.49. The summed E-state index contributed by atoms with van der Waals surface area (Å²) in [5.41, 5.74) is 1.67. The molecule has 0 amide bonds. The largest absolute Gasteiger partial charge is 0.378 e. The molecule has 0 saturated heterocycles. The fourth-order valence-electron chi connectivity index (χ4n) is 1.57. The van der Waals surface area contributed by atoms with Gasteiger partial charge in [-0.05, 0) is 13.8 Å². The average molecular weight is 264 g/mol. The zero-order valence-electron chi connectivity index (χ0n) is 10.7.